The number of anilines is 1. The van der Waals surface area contributed by atoms with Crippen LogP contribution in [0.5, 0.6) is 5.75 Å². The van der Waals surface area contributed by atoms with Gasteiger partial charge in [0.2, 0.25) is 0 Å². The number of carbonyl (C=O) groups excluding carboxylic acids is 1. The van der Waals surface area contributed by atoms with Gasteiger partial charge >= 0.3 is 0 Å². The van der Waals surface area contributed by atoms with E-state index in [1.54, 1.807) is 17.9 Å². The highest BCUT2D eigenvalue weighted by Crippen LogP contribution is 2.19. The number of carbonyl (C=O) groups is 1. The minimum atomic E-state index is -0.168. The molecule has 2 aromatic heterocycles. The maximum absolute atomic E-state index is 11.2. The van der Waals surface area contributed by atoms with Crippen LogP contribution in [0.3, 0.4) is 0 Å². The third kappa shape index (κ3) is 3.43. The van der Waals surface area contributed by atoms with Crippen LogP contribution in [0, 0.1) is 0 Å². The molecular weight excluding hydrogens is 308 g/mol. The lowest BCUT2D eigenvalue weighted by molar-refractivity contribution is -0.122. The average molecular weight is 326 g/mol. The molecule has 1 amide bonds. The van der Waals surface area contributed by atoms with Gasteiger partial charge in [-0.15, -0.1) is 0 Å². The minimum Gasteiger partial charge on any atom is -0.484 e. The fourth-order valence-corrected chi connectivity index (χ4v) is 2.25. The molecule has 0 radical (unpaired) electrons. The van der Waals surface area contributed by atoms with Gasteiger partial charge in [0.25, 0.3) is 5.91 Å². The van der Waals surface area contributed by atoms with Crippen molar-refractivity contribution in [1.82, 2.24) is 25.1 Å². The summed E-state index contributed by atoms with van der Waals surface area (Å²) in [5, 5.41) is 10.9. The normalized spacial score (nSPS) is 10.6. The first-order chi connectivity index (χ1) is 11.7. The standard InChI is InChI=1S/C16H18N6O2/c1-17-14(23)9-24-12-5-3-4-11(6-12)7-18-15-13-8-21-22(2)16(13)20-10-19-15/h3-6,8,10H,7,9H2,1-2H3,(H,17,23)(H,18,19,20). The lowest BCUT2D eigenvalue weighted by Crippen LogP contribution is -2.24. The molecule has 0 aliphatic heterocycles. The summed E-state index contributed by atoms with van der Waals surface area (Å²) in [6.07, 6.45) is 3.25. The van der Waals surface area contributed by atoms with Gasteiger partial charge in [-0.25, -0.2) is 9.97 Å². The molecule has 0 spiro atoms. The van der Waals surface area contributed by atoms with Crippen LogP contribution in [0.15, 0.2) is 36.8 Å². The molecule has 2 N–H and O–H groups in total. The van der Waals surface area contributed by atoms with Crippen molar-refractivity contribution in [2.45, 2.75) is 6.54 Å². The SMILES string of the molecule is CNC(=O)COc1cccc(CNc2ncnc3c2cnn3C)c1. The fourth-order valence-electron chi connectivity index (χ4n) is 2.25. The second kappa shape index (κ2) is 6.95. The molecule has 0 aliphatic rings. The lowest BCUT2D eigenvalue weighted by Gasteiger charge is -2.09. The molecule has 8 nitrogen and oxygen atoms in total. The summed E-state index contributed by atoms with van der Waals surface area (Å²) >= 11 is 0. The van der Waals surface area contributed by atoms with Crippen molar-refractivity contribution in [3.8, 4) is 5.75 Å². The average Bonchev–Trinajstić information content (AvgIpc) is 3.00. The van der Waals surface area contributed by atoms with Gasteiger partial charge in [-0.1, -0.05) is 12.1 Å². The van der Waals surface area contributed by atoms with E-state index in [0.717, 1.165) is 22.4 Å². The summed E-state index contributed by atoms with van der Waals surface area (Å²) in [4.78, 5) is 19.7. The number of nitrogens with zero attached hydrogens (tertiary/aromatic N) is 4. The first-order valence-corrected chi connectivity index (χ1v) is 7.46. The minimum absolute atomic E-state index is 0.00437. The summed E-state index contributed by atoms with van der Waals surface area (Å²) in [7, 11) is 3.42. The molecule has 124 valence electrons. The van der Waals surface area contributed by atoms with Crippen molar-refractivity contribution in [1.29, 1.82) is 0 Å². The number of hydrogen-bond acceptors (Lipinski definition) is 6. The summed E-state index contributed by atoms with van der Waals surface area (Å²) in [5.74, 6) is 1.20. The summed E-state index contributed by atoms with van der Waals surface area (Å²) in [6, 6.07) is 7.56. The van der Waals surface area contributed by atoms with E-state index in [0.29, 0.717) is 12.3 Å². The first kappa shape index (κ1) is 15.7. The van der Waals surface area contributed by atoms with Crippen LogP contribution in [0.25, 0.3) is 11.0 Å². The number of rotatable bonds is 6. The quantitative estimate of drug-likeness (QED) is 0.704. The van der Waals surface area contributed by atoms with Crippen LogP contribution in [0.2, 0.25) is 0 Å². The Morgan fingerprint density at radius 3 is 3.04 bits per heavy atom. The Bertz CT molecular complexity index is 861. The Morgan fingerprint density at radius 2 is 2.21 bits per heavy atom. The Balaban J connectivity index is 1.69. The van der Waals surface area contributed by atoms with Crippen molar-refractivity contribution in [2.75, 3.05) is 19.0 Å². The van der Waals surface area contributed by atoms with Crippen molar-refractivity contribution >= 4 is 22.8 Å². The molecule has 0 saturated carbocycles. The fraction of sp³-hybridized carbons (Fsp3) is 0.250. The molecule has 3 rings (SSSR count). The molecule has 0 unspecified atom stereocenters. The second-order valence-electron chi connectivity index (χ2n) is 5.19. The number of benzene rings is 1. The number of nitrogens with one attached hydrogen (secondary N) is 2. The summed E-state index contributed by atoms with van der Waals surface area (Å²) < 4.78 is 7.15. The van der Waals surface area contributed by atoms with Crippen LogP contribution in [0.4, 0.5) is 5.82 Å². The van der Waals surface area contributed by atoms with Crippen molar-refractivity contribution in [3.05, 3.63) is 42.4 Å². The molecule has 3 aromatic rings. The Kier molecular flexibility index (Phi) is 4.55. The molecule has 0 aliphatic carbocycles. The van der Waals surface area contributed by atoms with Crippen molar-refractivity contribution < 1.29 is 9.53 Å². The van der Waals surface area contributed by atoms with E-state index in [-0.39, 0.29) is 12.5 Å². The van der Waals surface area contributed by atoms with E-state index in [1.165, 1.54) is 6.33 Å². The van der Waals surface area contributed by atoms with Gasteiger partial charge in [-0.05, 0) is 17.7 Å². The van der Waals surface area contributed by atoms with Crippen LogP contribution in [-0.4, -0.2) is 39.3 Å². The smallest absolute Gasteiger partial charge is 0.257 e. The van der Waals surface area contributed by atoms with Gasteiger partial charge < -0.3 is 15.4 Å². The topological polar surface area (TPSA) is 94.0 Å². The predicted molar refractivity (Wildman–Crippen MR) is 89.6 cm³/mol. The molecule has 0 bridgehead atoms. The number of aromatic nitrogens is 4. The molecule has 0 atom stereocenters. The van der Waals surface area contributed by atoms with Crippen molar-refractivity contribution in [2.24, 2.45) is 7.05 Å². The Hall–Kier alpha value is -3.16. The molecule has 2 heterocycles. The monoisotopic (exact) mass is 326 g/mol. The largest absolute Gasteiger partial charge is 0.484 e. The van der Waals surface area contributed by atoms with E-state index >= 15 is 0 Å². The summed E-state index contributed by atoms with van der Waals surface area (Å²) in [5.41, 5.74) is 1.79. The predicted octanol–water partition coefficient (Wildman–Crippen LogP) is 1.10. The molecule has 24 heavy (non-hydrogen) atoms. The number of fused-ring (bicyclic) bond motifs is 1. The number of aryl methyl sites for hydroxylation is 1. The van der Waals surface area contributed by atoms with Crippen LogP contribution in [-0.2, 0) is 18.4 Å². The van der Waals surface area contributed by atoms with Crippen LogP contribution >= 0.6 is 0 Å². The van der Waals surface area contributed by atoms with Gasteiger partial charge in [0, 0.05) is 20.6 Å². The molecule has 8 heteroatoms. The Labute approximate surface area is 138 Å². The first-order valence-electron chi connectivity index (χ1n) is 7.46. The van der Waals surface area contributed by atoms with E-state index in [9.17, 15) is 4.79 Å². The Morgan fingerprint density at radius 1 is 1.33 bits per heavy atom. The van der Waals surface area contributed by atoms with E-state index in [1.807, 2.05) is 31.3 Å². The summed E-state index contributed by atoms with van der Waals surface area (Å²) in [6.45, 7) is 0.563. The lowest BCUT2D eigenvalue weighted by atomic mass is 10.2. The van der Waals surface area contributed by atoms with Crippen molar-refractivity contribution in [3.63, 3.8) is 0 Å². The van der Waals surface area contributed by atoms with E-state index in [2.05, 4.69) is 25.7 Å². The van der Waals surface area contributed by atoms with Crippen LogP contribution < -0.4 is 15.4 Å². The van der Waals surface area contributed by atoms with Gasteiger partial charge in [0.15, 0.2) is 12.3 Å². The number of hydrogen-bond donors (Lipinski definition) is 2. The highest BCUT2D eigenvalue weighted by Gasteiger charge is 2.07. The molecular formula is C16H18N6O2. The van der Waals surface area contributed by atoms with Gasteiger partial charge in [0.1, 0.15) is 17.9 Å². The highest BCUT2D eigenvalue weighted by molar-refractivity contribution is 5.85. The third-order valence-corrected chi connectivity index (χ3v) is 3.54. The highest BCUT2D eigenvalue weighted by atomic mass is 16.5. The maximum atomic E-state index is 11.2. The third-order valence-electron chi connectivity index (χ3n) is 3.54. The number of amides is 1. The van der Waals surface area contributed by atoms with E-state index in [4.69, 9.17) is 4.74 Å². The zero-order chi connectivity index (χ0) is 16.9. The molecule has 0 saturated heterocycles. The zero-order valence-corrected chi connectivity index (χ0v) is 13.5. The van der Waals surface area contributed by atoms with E-state index < -0.39 is 0 Å². The van der Waals surface area contributed by atoms with Gasteiger partial charge in [-0.2, -0.15) is 5.10 Å². The number of ether oxygens (including phenoxy) is 1. The molecule has 0 fully saturated rings. The van der Waals surface area contributed by atoms with Crippen LogP contribution in [0.1, 0.15) is 5.56 Å². The van der Waals surface area contributed by atoms with Gasteiger partial charge in [0.05, 0.1) is 11.6 Å². The maximum Gasteiger partial charge on any atom is 0.257 e. The number of likely N-dealkylation sites (N-methyl/N-ethyl adjacent to an activating group) is 1. The molecule has 1 aromatic carbocycles. The van der Waals surface area contributed by atoms with Gasteiger partial charge in [-0.3, -0.25) is 9.48 Å². The second-order valence-corrected chi connectivity index (χ2v) is 5.19. The zero-order valence-electron chi connectivity index (χ0n) is 13.5.